The van der Waals surface area contributed by atoms with Gasteiger partial charge in [0.05, 0.1) is 0 Å². The molecule has 0 fully saturated rings. The Hall–Kier alpha value is 1.66. The summed E-state index contributed by atoms with van der Waals surface area (Å²) >= 11 is 0. The van der Waals surface area contributed by atoms with E-state index in [1.807, 2.05) is 0 Å². The molecule has 0 aromatic heterocycles. The van der Waals surface area contributed by atoms with Gasteiger partial charge in [0.2, 0.25) is 0 Å². The molecule has 0 bridgehead atoms. The first-order chi connectivity index (χ1) is 1.73. The Kier molecular flexibility index (Phi) is 170. The first-order valence-corrected chi connectivity index (χ1v) is 0.707. The molecule has 0 radical (unpaired) electrons. The van der Waals surface area contributed by atoms with Crippen LogP contribution in [0.25, 0.3) is 0 Å². The van der Waals surface area contributed by atoms with Crippen molar-refractivity contribution in [3.8, 4) is 0 Å². The molecule has 0 atom stereocenters. The van der Waals surface area contributed by atoms with E-state index in [0.29, 0.717) is 0 Å². The molecule has 9 heavy (non-hydrogen) atoms. The van der Waals surface area contributed by atoms with Crippen molar-refractivity contribution in [2.75, 3.05) is 0 Å². The molecule has 0 aromatic rings. The minimum Gasteiger partial charge on any atom is -0.907 e. The molecular weight excluding hydrogens is 112 g/mol. The van der Waals surface area contributed by atoms with Crippen molar-refractivity contribution < 1.29 is 82.6 Å². The van der Waals surface area contributed by atoms with Gasteiger partial charge in [0.15, 0.2) is 0 Å². The summed E-state index contributed by atoms with van der Waals surface area (Å²) in [6, 6.07) is 0. The average molecular weight is 116 g/mol. The molecule has 0 saturated carbocycles. The van der Waals surface area contributed by atoms with Crippen molar-refractivity contribution in [2.45, 2.75) is 0 Å². The zero-order chi connectivity index (χ0) is 3.58. The summed E-state index contributed by atoms with van der Waals surface area (Å²) in [7, 11) is -2.92. The van der Waals surface area contributed by atoms with Gasteiger partial charge in [-0.05, 0) is 0 Å². The van der Waals surface area contributed by atoms with E-state index in [4.69, 9.17) is 15.1 Å². The zero-order valence-electron chi connectivity index (χ0n) is 5.80. The van der Waals surface area contributed by atoms with Crippen molar-refractivity contribution in [3.63, 3.8) is 0 Å². The van der Waals surface area contributed by atoms with E-state index >= 15 is 0 Å². The quantitative estimate of drug-likeness (QED) is 0.290. The summed E-state index contributed by atoms with van der Waals surface area (Å²) in [6.45, 7) is 0. The van der Waals surface area contributed by atoms with Gasteiger partial charge in [0.1, 0.15) is 0 Å². The Labute approximate surface area is 89.5 Å². The van der Waals surface area contributed by atoms with Gasteiger partial charge in [0, 0.05) is 0 Å². The molecule has 0 saturated heterocycles. The summed E-state index contributed by atoms with van der Waals surface area (Å²) in [5.74, 6) is 0. The molecule has 0 aliphatic carbocycles. The predicted octanol–water partition coefficient (Wildman–Crippen LogP) is -14.6. The number of rotatable bonds is 0. The SMILES string of the molecule is O.O.[Li+].[Li+].[Li+].[O-]B([O-])[O-]. The summed E-state index contributed by atoms with van der Waals surface area (Å²) in [4.78, 5) is 0. The smallest absolute Gasteiger partial charge is 0.907 e. The molecule has 0 amide bonds. The predicted molar refractivity (Wildman–Crippen MR) is 13.0 cm³/mol. The second-order valence-electron chi connectivity index (χ2n) is 0.289. The third-order valence-electron chi connectivity index (χ3n) is 0. The molecule has 0 aromatic carbocycles. The van der Waals surface area contributed by atoms with Gasteiger partial charge in [-0.1, -0.05) is 0 Å². The van der Waals surface area contributed by atoms with Crippen LogP contribution in [-0.4, -0.2) is 18.3 Å². The van der Waals surface area contributed by atoms with E-state index in [0.717, 1.165) is 0 Å². The number of hydrogen-bond acceptors (Lipinski definition) is 3. The molecule has 5 nitrogen and oxygen atoms in total. The average Bonchev–Trinajstić information content (AvgIpc) is 0.811. The molecule has 0 aliphatic rings. The van der Waals surface area contributed by atoms with Crippen LogP contribution >= 0.6 is 0 Å². The minimum atomic E-state index is -2.92. The normalized spacial score (nSPS) is 3.00. The Morgan fingerprint density at radius 3 is 0.667 bits per heavy atom. The third-order valence-corrected chi connectivity index (χ3v) is 0. The number of hydrogen-bond donors (Lipinski definition) is 0. The Morgan fingerprint density at radius 1 is 0.667 bits per heavy atom. The fourth-order valence-corrected chi connectivity index (χ4v) is 0. The van der Waals surface area contributed by atoms with Crippen LogP contribution in [0.5, 0.6) is 0 Å². The van der Waals surface area contributed by atoms with E-state index < -0.39 is 7.32 Å². The fraction of sp³-hybridized carbons (Fsp3) is 0. The molecule has 4 N–H and O–H groups in total. The second-order valence-corrected chi connectivity index (χ2v) is 0.289. The van der Waals surface area contributed by atoms with Gasteiger partial charge in [-0.25, -0.2) is 0 Å². The van der Waals surface area contributed by atoms with Crippen molar-refractivity contribution in [3.05, 3.63) is 0 Å². The standard InChI is InChI=1S/BO3.3Li.2H2O/c2-1(3)4;;;;;/h;;;;2*1H2/q-3;3*+1;;. The van der Waals surface area contributed by atoms with E-state index in [1.54, 1.807) is 0 Å². The van der Waals surface area contributed by atoms with Crippen molar-refractivity contribution >= 4 is 7.32 Å². The van der Waals surface area contributed by atoms with Crippen LogP contribution in [0.15, 0.2) is 0 Å². The van der Waals surface area contributed by atoms with E-state index in [1.165, 1.54) is 0 Å². The Bertz CT molecular complexity index is 16.9. The molecule has 40 valence electrons. The largest absolute Gasteiger partial charge is 1.00 e. The molecule has 0 heterocycles. The van der Waals surface area contributed by atoms with Crippen LogP contribution in [-0.2, 0) is 0 Å². The van der Waals surface area contributed by atoms with Crippen LogP contribution in [0.1, 0.15) is 0 Å². The Morgan fingerprint density at radius 2 is 0.667 bits per heavy atom. The van der Waals surface area contributed by atoms with Crippen LogP contribution in [0.4, 0.5) is 0 Å². The van der Waals surface area contributed by atoms with Gasteiger partial charge in [0.25, 0.3) is 0 Å². The van der Waals surface area contributed by atoms with Crippen molar-refractivity contribution in [1.29, 1.82) is 0 Å². The minimum absolute atomic E-state index is 0. The monoisotopic (exact) mass is 116 g/mol. The summed E-state index contributed by atoms with van der Waals surface area (Å²) in [5.41, 5.74) is 0. The van der Waals surface area contributed by atoms with Crippen molar-refractivity contribution in [1.82, 2.24) is 0 Å². The van der Waals surface area contributed by atoms with E-state index in [-0.39, 0.29) is 67.5 Å². The van der Waals surface area contributed by atoms with Gasteiger partial charge < -0.3 is 26.0 Å². The van der Waals surface area contributed by atoms with Crippen LogP contribution < -0.4 is 71.7 Å². The zero-order valence-corrected chi connectivity index (χ0v) is 5.80. The summed E-state index contributed by atoms with van der Waals surface area (Å²) < 4.78 is 0. The van der Waals surface area contributed by atoms with Gasteiger partial charge in [-0.3, -0.25) is 7.32 Å². The van der Waals surface area contributed by atoms with Crippen molar-refractivity contribution in [2.24, 2.45) is 0 Å². The Balaban J connectivity index is -0.00000000450. The molecule has 9 heteroatoms. The second kappa shape index (κ2) is 33.4. The van der Waals surface area contributed by atoms with Gasteiger partial charge in [-0.2, -0.15) is 0 Å². The molecule has 0 rings (SSSR count). The van der Waals surface area contributed by atoms with Gasteiger partial charge >= 0.3 is 56.6 Å². The fourth-order valence-electron chi connectivity index (χ4n) is 0. The maximum atomic E-state index is 8.42. The summed E-state index contributed by atoms with van der Waals surface area (Å²) in [6.07, 6.45) is 0. The van der Waals surface area contributed by atoms with Crippen LogP contribution in [0, 0.1) is 0 Å². The molecule has 0 aliphatic heterocycles. The molecular formula is H4BLi3O5. The molecule has 0 spiro atoms. The van der Waals surface area contributed by atoms with E-state index in [2.05, 4.69) is 0 Å². The van der Waals surface area contributed by atoms with Crippen LogP contribution in [0.2, 0.25) is 0 Å². The van der Waals surface area contributed by atoms with Crippen LogP contribution in [0.3, 0.4) is 0 Å². The topological polar surface area (TPSA) is 132 Å². The third kappa shape index (κ3) is 206. The van der Waals surface area contributed by atoms with Gasteiger partial charge in [-0.15, -0.1) is 0 Å². The first-order valence-electron chi connectivity index (χ1n) is 0.707. The maximum Gasteiger partial charge on any atom is 1.00 e. The first kappa shape index (κ1) is 45.8. The van der Waals surface area contributed by atoms with E-state index in [9.17, 15) is 0 Å². The molecule has 0 unspecified atom stereocenters. The maximum absolute atomic E-state index is 8.42. The summed E-state index contributed by atoms with van der Waals surface area (Å²) in [5, 5.41) is 25.2.